The van der Waals surface area contributed by atoms with Gasteiger partial charge in [0.05, 0.1) is 5.69 Å². The zero-order valence-corrected chi connectivity index (χ0v) is 10.7. The van der Waals surface area contributed by atoms with Gasteiger partial charge in [-0.15, -0.1) is 11.3 Å². The molecule has 0 bridgehead atoms. The van der Waals surface area contributed by atoms with E-state index < -0.39 is 0 Å². The van der Waals surface area contributed by atoms with Crippen LogP contribution in [0.15, 0.2) is 4.99 Å². The summed E-state index contributed by atoms with van der Waals surface area (Å²) in [5.74, 6) is 0.899. The van der Waals surface area contributed by atoms with Crippen LogP contribution in [0.5, 0.6) is 0 Å². The van der Waals surface area contributed by atoms with Crippen molar-refractivity contribution in [2.24, 2.45) is 4.99 Å². The van der Waals surface area contributed by atoms with Crippen LogP contribution >= 0.6 is 11.3 Å². The maximum atomic E-state index is 10.4. The largest absolute Gasteiger partial charge is 0.240 e. The molecule has 0 saturated carbocycles. The van der Waals surface area contributed by atoms with Crippen LogP contribution in [-0.4, -0.2) is 6.08 Å². The predicted octanol–water partition coefficient (Wildman–Crippen LogP) is 4.27. The van der Waals surface area contributed by atoms with Crippen LogP contribution in [0.4, 0.5) is 5.69 Å². The number of hydrogen-bond acceptors (Lipinski definition) is 3. The normalized spacial score (nSPS) is 10.9. The maximum Gasteiger partial charge on any atom is 0.240 e. The minimum absolute atomic E-state index is 0.410. The molecule has 0 spiro atoms. The summed E-state index contributed by atoms with van der Waals surface area (Å²) < 4.78 is 0. The molecule has 0 atom stereocenters. The average molecular weight is 223 g/mol. The molecule has 0 aliphatic heterocycles. The van der Waals surface area contributed by atoms with Crippen molar-refractivity contribution in [1.82, 2.24) is 0 Å². The van der Waals surface area contributed by atoms with Crippen LogP contribution in [0.3, 0.4) is 0 Å². The van der Waals surface area contributed by atoms with Crippen LogP contribution in [-0.2, 0) is 4.79 Å². The van der Waals surface area contributed by atoms with E-state index in [1.807, 2.05) is 6.92 Å². The molecule has 82 valence electrons. The minimum Gasteiger partial charge on any atom is -0.211 e. The molecule has 1 heterocycles. The van der Waals surface area contributed by atoms with E-state index in [2.05, 4.69) is 32.7 Å². The van der Waals surface area contributed by atoms with E-state index in [0.29, 0.717) is 11.8 Å². The molecule has 0 aliphatic rings. The number of rotatable bonds is 3. The molecular formula is C12H17NOS. The van der Waals surface area contributed by atoms with Gasteiger partial charge in [0.25, 0.3) is 0 Å². The van der Waals surface area contributed by atoms with Crippen molar-refractivity contribution >= 4 is 23.1 Å². The molecular weight excluding hydrogens is 206 g/mol. The van der Waals surface area contributed by atoms with Gasteiger partial charge in [-0.2, -0.15) is 4.99 Å². The van der Waals surface area contributed by atoms with Gasteiger partial charge in [-0.25, -0.2) is 4.79 Å². The Bertz CT molecular complexity index is 398. The lowest BCUT2D eigenvalue weighted by atomic mass is 10.1. The van der Waals surface area contributed by atoms with Gasteiger partial charge in [-0.1, -0.05) is 27.7 Å². The average Bonchev–Trinajstić information content (AvgIpc) is 2.45. The lowest BCUT2D eigenvalue weighted by Crippen LogP contribution is -1.84. The molecule has 0 aromatic carbocycles. The predicted molar refractivity (Wildman–Crippen MR) is 65.0 cm³/mol. The van der Waals surface area contributed by atoms with E-state index in [-0.39, 0.29) is 0 Å². The van der Waals surface area contributed by atoms with Crippen molar-refractivity contribution in [3.8, 4) is 0 Å². The first-order valence-corrected chi connectivity index (χ1v) is 6.01. The molecule has 0 unspecified atom stereocenters. The summed E-state index contributed by atoms with van der Waals surface area (Å²) in [6.45, 7) is 10.6. The number of thiophene rings is 1. The van der Waals surface area contributed by atoms with Gasteiger partial charge in [0.1, 0.15) is 0 Å². The van der Waals surface area contributed by atoms with Crippen molar-refractivity contribution in [1.29, 1.82) is 0 Å². The molecule has 0 fully saturated rings. The van der Waals surface area contributed by atoms with Crippen LogP contribution in [0.1, 0.15) is 54.8 Å². The Morgan fingerprint density at radius 3 is 2.07 bits per heavy atom. The van der Waals surface area contributed by atoms with E-state index in [0.717, 1.165) is 11.3 Å². The van der Waals surface area contributed by atoms with Gasteiger partial charge in [-0.3, -0.25) is 0 Å². The van der Waals surface area contributed by atoms with Crippen LogP contribution < -0.4 is 0 Å². The van der Waals surface area contributed by atoms with Crippen LogP contribution in [0.2, 0.25) is 0 Å². The standard InChI is InChI=1S/C12H17NOS/c1-7(2)11-9(5)10(13-6-14)12(15-11)8(3)4/h7-8H,1-5H3. The summed E-state index contributed by atoms with van der Waals surface area (Å²) in [4.78, 5) is 16.7. The van der Waals surface area contributed by atoms with E-state index >= 15 is 0 Å². The second-order valence-corrected chi connectivity index (χ2v) is 5.40. The van der Waals surface area contributed by atoms with Gasteiger partial charge >= 0.3 is 0 Å². The molecule has 0 amide bonds. The first-order chi connectivity index (χ1) is 6.99. The van der Waals surface area contributed by atoms with Gasteiger partial charge in [0.2, 0.25) is 6.08 Å². The Kier molecular flexibility index (Phi) is 3.83. The van der Waals surface area contributed by atoms with Crippen molar-refractivity contribution in [2.75, 3.05) is 0 Å². The minimum atomic E-state index is 0.410. The molecule has 1 aromatic rings. The Labute approximate surface area is 95.0 Å². The number of aliphatic imine (C=N–C) groups is 1. The van der Waals surface area contributed by atoms with E-state index in [1.165, 1.54) is 9.75 Å². The molecule has 0 N–H and O–H groups in total. The molecule has 1 aromatic heterocycles. The highest BCUT2D eigenvalue weighted by Crippen LogP contribution is 2.42. The maximum absolute atomic E-state index is 10.4. The summed E-state index contributed by atoms with van der Waals surface area (Å²) in [6.07, 6.45) is 1.65. The molecule has 2 nitrogen and oxygen atoms in total. The summed E-state index contributed by atoms with van der Waals surface area (Å²) in [5, 5.41) is 0. The third-order valence-electron chi connectivity index (χ3n) is 2.38. The van der Waals surface area contributed by atoms with Gasteiger partial charge in [0.15, 0.2) is 0 Å². The number of carbonyl (C=O) groups excluding carboxylic acids is 1. The van der Waals surface area contributed by atoms with Crippen LogP contribution in [0, 0.1) is 6.92 Å². The monoisotopic (exact) mass is 223 g/mol. The third-order valence-corrected chi connectivity index (χ3v) is 4.27. The fraction of sp³-hybridized carbons (Fsp3) is 0.583. The lowest BCUT2D eigenvalue weighted by Gasteiger charge is -2.01. The summed E-state index contributed by atoms with van der Waals surface area (Å²) in [5.41, 5.74) is 1.98. The number of isocyanates is 1. The first-order valence-electron chi connectivity index (χ1n) is 5.20. The molecule has 3 heteroatoms. The molecule has 0 radical (unpaired) electrons. The highest BCUT2D eigenvalue weighted by atomic mass is 32.1. The smallest absolute Gasteiger partial charge is 0.211 e. The zero-order chi connectivity index (χ0) is 11.6. The van der Waals surface area contributed by atoms with Gasteiger partial charge in [0, 0.05) is 9.75 Å². The fourth-order valence-electron chi connectivity index (χ4n) is 1.67. The third kappa shape index (κ3) is 2.36. The van der Waals surface area contributed by atoms with Crippen LogP contribution in [0.25, 0.3) is 0 Å². The second-order valence-electron chi connectivity index (χ2n) is 4.32. The van der Waals surface area contributed by atoms with Gasteiger partial charge < -0.3 is 0 Å². The molecule has 0 saturated heterocycles. The number of nitrogens with zero attached hydrogens (tertiary/aromatic N) is 1. The first kappa shape index (κ1) is 12.2. The van der Waals surface area contributed by atoms with E-state index in [1.54, 1.807) is 17.4 Å². The molecule has 1 rings (SSSR count). The summed E-state index contributed by atoms with van der Waals surface area (Å²) in [6, 6.07) is 0. The van der Waals surface area contributed by atoms with Crippen molar-refractivity contribution in [3.63, 3.8) is 0 Å². The highest BCUT2D eigenvalue weighted by molar-refractivity contribution is 7.13. The quantitative estimate of drug-likeness (QED) is 0.555. The molecule has 0 aliphatic carbocycles. The van der Waals surface area contributed by atoms with E-state index in [4.69, 9.17) is 0 Å². The SMILES string of the molecule is Cc1c(C(C)C)sc(C(C)C)c1N=C=O. The Morgan fingerprint density at radius 2 is 1.67 bits per heavy atom. The number of hydrogen-bond donors (Lipinski definition) is 0. The lowest BCUT2D eigenvalue weighted by molar-refractivity contribution is 0.565. The Morgan fingerprint density at radius 1 is 1.13 bits per heavy atom. The summed E-state index contributed by atoms with van der Waals surface area (Å²) >= 11 is 1.77. The summed E-state index contributed by atoms with van der Waals surface area (Å²) in [7, 11) is 0. The van der Waals surface area contributed by atoms with E-state index in [9.17, 15) is 4.79 Å². The van der Waals surface area contributed by atoms with Gasteiger partial charge in [-0.05, 0) is 24.3 Å². The van der Waals surface area contributed by atoms with Crippen molar-refractivity contribution in [3.05, 3.63) is 15.3 Å². The Balaban J connectivity index is 3.39. The Hall–Kier alpha value is -0.920. The second kappa shape index (κ2) is 4.73. The highest BCUT2D eigenvalue weighted by Gasteiger charge is 2.18. The van der Waals surface area contributed by atoms with Crippen molar-refractivity contribution in [2.45, 2.75) is 46.5 Å². The topological polar surface area (TPSA) is 29.4 Å². The van der Waals surface area contributed by atoms with Crippen molar-refractivity contribution < 1.29 is 4.79 Å². The zero-order valence-electron chi connectivity index (χ0n) is 9.92. The molecule has 15 heavy (non-hydrogen) atoms. The fourth-order valence-corrected chi connectivity index (χ4v) is 2.93.